The number of nitrogens with one attached hydrogen (secondary N) is 1. The second kappa shape index (κ2) is 7.20. The molecule has 2 unspecified atom stereocenters. The maximum atomic E-state index is 12.3. The average molecular weight is 303 g/mol. The van der Waals surface area contributed by atoms with Crippen LogP contribution in [-0.4, -0.2) is 52.7 Å². The molecule has 22 heavy (non-hydrogen) atoms. The predicted octanol–water partition coefficient (Wildman–Crippen LogP) is 1.44. The lowest BCUT2D eigenvalue weighted by molar-refractivity contribution is 0.0920. The molecule has 2 N–H and O–H groups in total. The van der Waals surface area contributed by atoms with E-state index in [1.165, 1.54) is 32.1 Å². The molecule has 1 saturated heterocycles. The first-order valence-electron chi connectivity index (χ1n) is 8.33. The molecule has 1 aliphatic heterocycles. The van der Waals surface area contributed by atoms with Gasteiger partial charge in [0.05, 0.1) is 5.56 Å². The molecule has 0 radical (unpaired) electrons. The van der Waals surface area contributed by atoms with Gasteiger partial charge >= 0.3 is 0 Å². The Bertz CT molecular complexity index is 488. The fraction of sp³-hybridized carbons (Fsp3) is 0.647. The van der Waals surface area contributed by atoms with Gasteiger partial charge in [0, 0.05) is 50.1 Å². The van der Waals surface area contributed by atoms with E-state index in [4.69, 9.17) is 0 Å². The minimum absolute atomic E-state index is 0.0274. The minimum atomic E-state index is -0.0953. The van der Waals surface area contributed by atoms with Crippen LogP contribution < -0.4 is 5.32 Å². The topological polar surface area (TPSA) is 65.5 Å². The number of pyridine rings is 1. The molecular formula is C17H25N3O2. The van der Waals surface area contributed by atoms with Crippen LogP contribution in [0.3, 0.4) is 0 Å². The molecule has 2 fully saturated rings. The number of aliphatic hydroxyl groups is 1. The first-order chi connectivity index (χ1) is 10.8. The molecule has 5 heteroatoms. The number of likely N-dealkylation sites (tertiary alicyclic amines) is 1. The Kier molecular flexibility index (Phi) is 5.05. The van der Waals surface area contributed by atoms with E-state index in [-0.39, 0.29) is 24.5 Å². The van der Waals surface area contributed by atoms with Crippen molar-refractivity contribution >= 4 is 5.91 Å². The highest BCUT2D eigenvalue weighted by Gasteiger charge is 2.36. The molecule has 3 rings (SSSR count). The number of rotatable bonds is 4. The maximum absolute atomic E-state index is 12.3. The number of nitrogens with zero attached hydrogens (tertiary/aromatic N) is 2. The van der Waals surface area contributed by atoms with E-state index in [1.54, 1.807) is 24.5 Å². The normalized spacial score (nSPS) is 27.0. The fourth-order valence-corrected chi connectivity index (χ4v) is 3.75. The van der Waals surface area contributed by atoms with Crippen LogP contribution in [-0.2, 0) is 0 Å². The Hall–Kier alpha value is -1.46. The third kappa shape index (κ3) is 3.47. The van der Waals surface area contributed by atoms with Gasteiger partial charge in [-0.05, 0) is 25.0 Å². The van der Waals surface area contributed by atoms with Crippen LogP contribution in [0.1, 0.15) is 42.5 Å². The fourth-order valence-electron chi connectivity index (χ4n) is 3.75. The molecular weight excluding hydrogens is 278 g/mol. The van der Waals surface area contributed by atoms with Gasteiger partial charge < -0.3 is 10.4 Å². The number of aromatic nitrogens is 1. The molecule has 0 spiro atoms. The van der Waals surface area contributed by atoms with Gasteiger partial charge in [0.25, 0.3) is 5.91 Å². The highest BCUT2D eigenvalue weighted by Crippen LogP contribution is 2.28. The van der Waals surface area contributed by atoms with Gasteiger partial charge in [0.1, 0.15) is 0 Å². The van der Waals surface area contributed by atoms with Crippen LogP contribution in [0, 0.1) is 5.92 Å². The molecule has 1 amide bonds. The van der Waals surface area contributed by atoms with Crippen LogP contribution in [0.4, 0.5) is 0 Å². The quantitative estimate of drug-likeness (QED) is 0.883. The smallest absolute Gasteiger partial charge is 0.253 e. The van der Waals surface area contributed by atoms with E-state index in [2.05, 4.69) is 15.2 Å². The monoisotopic (exact) mass is 303 g/mol. The van der Waals surface area contributed by atoms with Crippen LogP contribution in [0.15, 0.2) is 24.5 Å². The summed E-state index contributed by atoms with van der Waals surface area (Å²) in [6.45, 7) is 1.86. The Labute approximate surface area is 131 Å². The van der Waals surface area contributed by atoms with Crippen molar-refractivity contribution in [2.24, 2.45) is 5.92 Å². The summed E-state index contributed by atoms with van der Waals surface area (Å²) in [5, 5.41) is 12.7. The van der Waals surface area contributed by atoms with Gasteiger partial charge in [-0.1, -0.05) is 19.3 Å². The van der Waals surface area contributed by atoms with Crippen molar-refractivity contribution in [3.05, 3.63) is 30.1 Å². The number of amides is 1. The Morgan fingerprint density at radius 3 is 2.82 bits per heavy atom. The number of hydrogen-bond acceptors (Lipinski definition) is 4. The first-order valence-corrected chi connectivity index (χ1v) is 8.33. The Morgan fingerprint density at radius 1 is 1.32 bits per heavy atom. The van der Waals surface area contributed by atoms with Crippen LogP contribution >= 0.6 is 0 Å². The molecule has 0 bridgehead atoms. The number of hydrogen-bond donors (Lipinski definition) is 2. The lowest BCUT2D eigenvalue weighted by atomic mass is 9.94. The van der Waals surface area contributed by atoms with Crippen LogP contribution in [0.5, 0.6) is 0 Å². The zero-order valence-corrected chi connectivity index (χ0v) is 12.9. The van der Waals surface area contributed by atoms with Crippen molar-refractivity contribution in [1.29, 1.82) is 0 Å². The second-order valence-electron chi connectivity index (χ2n) is 6.51. The van der Waals surface area contributed by atoms with Gasteiger partial charge in [-0.25, -0.2) is 0 Å². The molecule has 1 aliphatic carbocycles. The molecule has 1 aromatic rings. The maximum Gasteiger partial charge on any atom is 0.253 e. The van der Waals surface area contributed by atoms with Gasteiger partial charge in [0.2, 0.25) is 0 Å². The lowest BCUT2D eigenvalue weighted by Gasteiger charge is -2.31. The predicted molar refractivity (Wildman–Crippen MR) is 84.5 cm³/mol. The van der Waals surface area contributed by atoms with Crippen molar-refractivity contribution in [2.75, 3.05) is 19.7 Å². The standard InChI is InChI=1S/C17H25N3O2/c21-12-14-10-20(15-6-2-1-3-7-15)11-16(14)19-17(22)13-5-4-8-18-9-13/h4-5,8-9,14-16,21H,1-3,6-7,10-12H2,(H,19,22). The molecule has 1 aromatic heterocycles. The third-order valence-electron chi connectivity index (χ3n) is 5.04. The average Bonchev–Trinajstić information content (AvgIpc) is 2.99. The largest absolute Gasteiger partial charge is 0.396 e. The van der Waals surface area contributed by atoms with Crippen LogP contribution in [0.2, 0.25) is 0 Å². The first kappa shape index (κ1) is 15.4. The molecule has 2 aliphatic rings. The Morgan fingerprint density at radius 2 is 2.14 bits per heavy atom. The summed E-state index contributed by atoms with van der Waals surface area (Å²) in [7, 11) is 0. The minimum Gasteiger partial charge on any atom is -0.396 e. The van der Waals surface area contributed by atoms with E-state index in [0.717, 1.165) is 13.1 Å². The number of carbonyl (C=O) groups excluding carboxylic acids is 1. The highest BCUT2D eigenvalue weighted by atomic mass is 16.3. The van der Waals surface area contributed by atoms with Crippen molar-refractivity contribution < 1.29 is 9.90 Å². The summed E-state index contributed by atoms with van der Waals surface area (Å²) in [5.74, 6) is 0.0320. The third-order valence-corrected chi connectivity index (χ3v) is 5.04. The van der Waals surface area contributed by atoms with E-state index < -0.39 is 0 Å². The summed E-state index contributed by atoms with van der Waals surface area (Å²) in [6.07, 6.45) is 9.69. The summed E-state index contributed by atoms with van der Waals surface area (Å²) >= 11 is 0. The van der Waals surface area contributed by atoms with Gasteiger partial charge in [0.15, 0.2) is 0 Å². The van der Waals surface area contributed by atoms with Gasteiger partial charge in [-0.3, -0.25) is 14.7 Å². The summed E-state index contributed by atoms with van der Waals surface area (Å²) in [5.41, 5.74) is 0.579. The SMILES string of the molecule is O=C(NC1CN(C2CCCCC2)CC1CO)c1cccnc1. The van der Waals surface area contributed by atoms with E-state index in [9.17, 15) is 9.90 Å². The summed E-state index contributed by atoms with van der Waals surface area (Å²) in [6, 6.07) is 4.19. The van der Waals surface area contributed by atoms with E-state index >= 15 is 0 Å². The molecule has 2 heterocycles. The molecule has 120 valence electrons. The van der Waals surface area contributed by atoms with Crippen LogP contribution in [0.25, 0.3) is 0 Å². The molecule has 5 nitrogen and oxygen atoms in total. The molecule has 1 saturated carbocycles. The summed E-state index contributed by atoms with van der Waals surface area (Å²) in [4.78, 5) is 18.7. The second-order valence-corrected chi connectivity index (χ2v) is 6.51. The van der Waals surface area contributed by atoms with Crippen molar-refractivity contribution in [3.63, 3.8) is 0 Å². The van der Waals surface area contributed by atoms with E-state index in [0.29, 0.717) is 11.6 Å². The summed E-state index contributed by atoms with van der Waals surface area (Å²) < 4.78 is 0. The van der Waals surface area contributed by atoms with Crippen molar-refractivity contribution in [2.45, 2.75) is 44.2 Å². The molecule has 0 aromatic carbocycles. The zero-order chi connectivity index (χ0) is 15.4. The zero-order valence-electron chi connectivity index (χ0n) is 12.9. The molecule has 2 atom stereocenters. The van der Waals surface area contributed by atoms with Gasteiger partial charge in [-0.2, -0.15) is 0 Å². The van der Waals surface area contributed by atoms with Gasteiger partial charge in [-0.15, -0.1) is 0 Å². The van der Waals surface area contributed by atoms with Crippen molar-refractivity contribution in [1.82, 2.24) is 15.2 Å². The van der Waals surface area contributed by atoms with Crippen molar-refractivity contribution in [3.8, 4) is 0 Å². The highest BCUT2D eigenvalue weighted by molar-refractivity contribution is 5.94. The van der Waals surface area contributed by atoms with E-state index in [1.807, 2.05) is 0 Å². The number of aliphatic hydroxyl groups excluding tert-OH is 1. The lowest BCUT2D eigenvalue weighted by Crippen LogP contribution is -2.42. The Balaban J connectivity index is 1.61. The number of carbonyl (C=O) groups is 1.